The largest absolute Gasteiger partial charge is 0.459 e. The number of alkyl carbamates (subject to hydrolysis) is 1. The van der Waals surface area contributed by atoms with Crippen LogP contribution in [0, 0.1) is 13.8 Å². The maximum Gasteiger partial charge on any atom is 0.408 e. The molecule has 0 saturated carbocycles. The number of rotatable bonds is 8. The normalized spacial score (nSPS) is 12.2. The summed E-state index contributed by atoms with van der Waals surface area (Å²) < 4.78 is 13.1. The minimum absolute atomic E-state index is 0.118. The number of carbonyl (C=O) groups excluding carboxylic acids is 2. The van der Waals surface area contributed by atoms with Crippen LogP contribution in [0.1, 0.15) is 49.7 Å². The molecule has 0 aliphatic carbocycles. The van der Waals surface area contributed by atoms with E-state index in [-0.39, 0.29) is 6.61 Å². The second-order valence-corrected chi connectivity index (χ2v) is 10.5. The van der Waals surface area contributed by atoms with E-state index in [1.165, 1.54) is 5.56 Å². The van der Waals surface area contributed by atoms with Gasteiger partial charge in [0, 0.05) is 12.1 Å². The Labute approximate surface area is 223 Å². The third-order valence-electron chi connectivity index (χ3n) is 6.21. The van der Waals surface area contributed by atoms with Gasteiger partial charge in [-0.1, -0.05) is 48.5 Å². The highest BCUT2D eigenvalue weighted by Gasteiger charge is 2.27. The summed E-state index contributed by atoms with van der Waals surface area (Å²) in [6, 6.07) is 22.8. The molecule has 0 aliphatic heterocycles. The number of nitrogens with one attached hydrogen (secondary N) is 1. The van der Waals surface area contributed by atoms with Crippen molar-refractivity contribution < 1.29 is 19.1 Å². The quantitative estimate of drug-likeness (QED) is 0.283. The van der Waals surface area contributed by atoms with E-state index in [9.17, 15) is 9.59 Å². The van der Waals surface area contributed by atoms with Crippen LogP contribution in [0.25, 0.3) is 16.7 Å². The lowest BCUT2D eigenvalue weighted by atomic mass is 10.1. The van der Waals surface area contributed by atoms with E-state index in [0.29, 0.717) is 12.8 Å². The molecule has 0 aliphatic rings. The molecule has 4 aromatic rings. The summed E-state index contributed by atoms with van der Waals surface area (Å²) in [6.45, 7) is 9.61. The highest BCUT2D eigenvalue weighted by atomic mass is 16.6. The molecule has 0 saturated heterocycles. The number of hydrogen-bond donors (Lipinski definition) is 1. The van der Waals surface area contributed by atoms with Gasteiger partial charge in [-0.05, 0) is 82.0 Å². The molecule has 0 unspecified atom stereocenters. The molecule has 0 bridgehead atoms. The molecule has 1 heterocycles. The van der Waals surface area contributed by atoms with E-state index in [1.54, 1.807) is 20.8 Å². The van der Waals surface area contributed by atoms with E-state index in [1.807, 2.05) is 60.7 Å². The van der Waals surface area contributed by atoms with Crippen molar-refractivity contribution in [1.82, 2.24) is 14.9 Å². The van der Waals surface area contributed by atoms with Crippen LogP contribution in [0.15, 0.2) is 72.8 Å². The van der Waals surface area contributed by atoms with E-state index in [4.69, 9.17) is 14.5 Å². The van der Waals surface area contributed by atoms with Crippen molar-refractivity contribution in [3.8, 4) is 5.69 Å². The number of benzene rings is 3. The molecule has 1 atom stereocenters. The van der Waals surface area contributed by atoms with Gasteiger partial charge >= 0.3 is 12.1 Å². The summed E-state index contributed by atoms with van der Waals surface area (Å²) in [5.41, 5.74) is 5.38. The smallest absolute Gasteiger partial charge is 0.408 e. The zero-order valence-corrected chi connectivity index (χ0v) is 22.7. The number of carbonyl (C=O) groups is 2. The molecule has 3 aromatic carbocycles. The van der Waals surface area contributed by atoms with Crippen LogP contribution in [-0.2, 0) is 27.3 Å². The third kappa shape index (κ3) is 6.79. The summed E-state index contributed by atoms with van der Waals surface area (Å²) in [7, 11) is 0. The molecule has 198 valence electrons. The first-order valence-corrected chi connectivity index (χ1v) is 12.8. The highest BCUT2D eigenvalue weighted by molar-refractivity contribution is 5.82. The number of hydrogen-bond acceptors (Lipinski definition) is 5. The molecule has 0 spiro atoms. The van der Waals surface area contributed by atoms with Crippen molar-refractivity contribution in [3.05, 3.63) is 95.3 Å². The fraction of sp³-hybridized carbons (Fsp3) is 0.323. The number of aryl methyl sites for hydroxylation is 3. The van der Waals surface area contributed by atoms with Gasteiger partial charge in [0.15, 0.2) is 0 Å². The van der Waals surface area contributed by atoms with E-state index < -0.39 is 23.7 Å². The lowest BCUT2D eigenvalue weighted by molar-refractivity contribution is -0.147. The predicted octanol–water partition coefficient (Wildman–Crippen LogP) is 6.21. The lowest BCUT2D eigenvalue weighted by Gasteiger charge is -2.23. The standard InChI is InChI=1S/C31H35N3O4/c1-21-18-26-27(19-22(21)2)34(24-14-10-7-11-15-24)28(32-26)17-16-25(33-30(36)38-31(3,4)5)29(35)37-20-23-12-8-6-9-13-23/h6-15,18-19,25H,16-17,20H2,1-5H3,(H,33,36)/t25-/m0/s1. The first-order valence-electron chi connectivity index (χ1n) is 12.8. The van der Waals surface area contributed by atoms with Crippen molar-refractivity contribution in [3.63, 3.8) is 0 Å². The van der Waals surface area contributed by atoms with Gasteiger partial charge in [0.05, 0.1) is 11.0 Å². The van der Waals surface area contributed by atoms with Crippen LogP contribution < -0.4 is 5.32 Å². The zero-order valence-electron chi connectivity index (χ0n) is 22.7. The number of nitrogens with zero attached hydrogens (tertiary/aromatic N) is 2. The Kier molecular flexibility index (Phi) is 8.15. The van der Waals surface area contributed by atoms with Crippen LogP contribution >= 0.6 is 0 Å². The third-order valence-corrected chi connectivity index (χ3v) is 6.21. The second-order valence-electron chi connectivity index (χ2n) is 10.5. The van der Waals surface area contributed by atoms with Crippen molar-refractivity contribution >= 4 is 23.1 Å². The molecular weight excluding hydrogens is 478 g/mol. The van der Waals surface area contributed by atoms with Crippen LogP contribution in [-0.4, -0.2) is 33.3 Å². The molecule has 1 amide bonds. The fourth-order valence-corrected chi connectivity index (χ4v) is 4.22. The van der Waals surface area contributed by atoms with Gasteiger partial charge in [0.2, 0.25) is 0 Å². The molecule has 38 heavy (non-hydrogen) atoms. The van der Waals surface area contributed by atoms with Gasteiger partial charge in [-0.25, -0.2) is 14.6 Å². The summed E-state index contributed by atoms with van der Waals surface area (Å²) in [4.78, 5) is 30.7. The Morgan fingerprint density at radius 3 is 2.24 bits per heavy atom. The molecule has 0 fully saturated rings. The molecule has 0 radical (unpaired) electrons. The zero-order chi connectivity index (χ0) is 27.3. The predicted molar refractivity (Wildman–Crippen MR) is 148 cm³/mol. The number of aromatic nitrogens is 2. The molecule has 7 nitrogen and oxygen atoms in total. The fourth-order valence-electron chi connectivity index (χ4n) is 4.22. The van der Waals surface area contributed by atoms with Gasteiger partial charge < -0.3 is 14.8 Å². The van der Waals surface area contributed by atoms with E-state index in [2.05, 4.69) is 35.9 Å². The maximum atomic E-state index is 13.1. The summed E-state index contributed by atoms with van der Waals surface area (Å²) in [5, 5.41) is 2.72. The Bertz CT molecular complexity index is 1410. The Balaban J connectivity index is 1.60. The van der Waals surface area contributed by atoms with E-state index >= 15 is 0 Å². The van der Waals surface area contributed by atoms with Crippen LogP contribution in [0.2, 0.25) is 0 Å². The Morgan fingerprint density at radius 1 is 0.947 bits per heavy atom. The molecule has 1 aromatic heterocycles. The van der Waals surface area contributed by atoms with Crippen LogP contribution in [0.4, 0.5) is 4.79 Å². The van der Waals surface area contributed by atoms with E-state index in [0.717, 1.165) is 33.7 Å². The van der Waals surface area contributed by atoms with Gasteiger partial charge in [0.25, 0.3) is 0 Å². The molecule has 7 heteroatoms. The first kappa shape index (κ1) is 26.9. The van der Waals surface area contributed by atoms with Crippen molar-refractivity contribution in [2.24, 2.45) is 0 Å². The van der Waals surface area contributed by atoms with Crippen LogP contribution in [0.5, 0.6) is 0 Å². The number of fused-ring (bicyclic) bond motifs is 1. The number of amides is 1. The minimum atomic E-state index is -0.902. The molecular formula is C31H35N3O4. The lowest BCUT2D eigenvalue weighted by Crippen LogP contribution is -2.44. The molecule has 1 N–H and O–H groups in total. The Hall–Kier alpha value is -4.13. The Morgan fingerprint density at radius 2 is 1.58 bits per heavy atom. The number of para-hydroxylation sites is 1. The average molecular weight is 514 g/mol. The highest BCUT2D eigenvalue weighted by Crippen LogP contribution is 2.26. The summed E-state index contributed by atoms with van der Waals surface area (Å²) in [5.74, 6) is 0.275. The van der Waals surface area contributed by atoms with Crippen molar-refractivity contribution in [2.75, 3.05) is 0 Å². The minimum Gasteiger partial charge on any atom is -0.459 e. The average Bonchev–Trinajstić information content (AvgIpc) is 3.22. The van der Waals surface area contributed by atoms with Crippen molar-refractivity contribution in [2.45, 2.75) is 65.7 Å². The number of ether oxygens (including phenoxy) is 2. The SMILES string of the molecule is Cc1cc2nc(CC[C@H](NC(=O)OC(C)(C)C)C(=O)OCc3ccccc3)n(-c3ccccc3)c2cc1C. The maximum absolute atomic E-state index is 13.1. The topological polar surface area (TPSA) is 82.4 Å². The monoisotopic (exact) mass is 513 g/mol. The summed E-state index contributed by atoms with van der Waals surface area (Å²) >= 11 is 0. The van der Waals surface area contributed by atoms with Crippen molar-refractivity contribution in [1.29, 1.82) is 0 Å². The number of imidazole rings is 1. The second kappa shape index (κ2) is 11.5. The van der Waals surface area contributed by atoms with Gasteiger partial charge in [-0.3, -0.25) is 4.57 Å². The van der Waals surface area contributed by atoms with Gasteiger partial charge in [-0.15, -0.1) is 0 Å². The van der Waals surface area contributed by atoms with Gasteiger partial charge in [0.1, 0.15) is 24.1 Å². The molecule has 4 rings (SSSR count). The summed E-state index contributed by atoms with van der Waals surface area (Å²) in [6.07, 6.45) is 0.0609. The first-order chi connectivity index (χ1) is 18.1. The van der Waals surface area contributed by atoms with Crippen LogP contribution in [0.3, 0.4) is 0 Å². The number of esters is 1. The van der Waals surface area contributed by atoms with Gasteiger partial charge in [-0.2, -0.15) is 0 Å².